The Morgan fingerprint density at radius 1 is 1.50 bits per heavy atom. The first-order chi connectivity index (χ1) is 8.60. The summed E-state index contributed by atoms with van der Waals surface area (Å²) >= 11 is 0. The second-order valence-corrected chi connectivity index (χ2v) is 5.87. The Morgan fingerprint density at radius 3 is 2.89 bits per heavy atom. The Labute approximate surface area is 110 Å². The summed E-state index contributed by atoms with van der Waals surface area (Å²) in [4.78, 5) is 2.49. The summed E-state index contributed by atoms with van der Waals surface area (Å²) in [6, 6.07) is 3.09. The summed E-state index contributed by atoms with van der Waals surface area (Å²) in [7, 11) is 0. The normalized spacial score (nSPS) is 25.8. The van der Waals surface area contributed by atoms with Gasteiger partial charge in [0.25, 0.3) is 0 Å². The van der Waals surface area contributed by atoms with E-state index in [-0.39, 0.29) is 0 Å². The van der Waals surface area contributed by atoms with Gasteiger partial charge >= 0.3 is 0 Å². The zero-order valence-corrected chi connectivity index (χ0v) is 11.8. The van der Waals surface area contributed by atoms with Gasteiger partial charge < -0.3 is 5.73 Å². The molecule has 1 saturated heterocycles. The van der Waals surface area contributed by atoms with Crippen molar-refractivity contribution in [3.8, 4) is 0 Å². The molecular weight excluding hydrogens is 224 g/mol. The van der Waals surface area contributed by atoms with Gasteiger partial charge in [-0.25, -0.2) is 0 Å². The van der Waals surface area contributed by atoms with Crippen molar-refractivity contribution in [2.24, 2.45) is 11.7 Å². The molecule has 4 heteroatoms. The van der Waals surface area contributed by atoms with E-state index in [1.165, 1.54) is 12.8 Å². The molecule has 4 nitrogen and oxygen atoms in total. The van der Waals surface area contributed by atoms with Gasteiger partial charge in [-0.2, -0.15) is 5.10 Å². The predicted octanol–water partition coefficient (Wildman–Crippen LogP) is 2.02. The van der Waals surface area contributed by atoms with Crippen molar-refractivity contribution in [2.45, 2.75) is 52.2 Å². The van der Waals surface area contributed by atoms with Gasteiger partial charge in [-0.3, -0.25) is 9.58 Å². The number of likely N-dealkylation sites (tertiary alicyclic amines) is 1. The van der Waals surface area contributed by atoms with Gasteiger partial charge in [0.2, 0.25) is 0 Å². The number of nitrogens with two attached hydrogens (primary N) is 1. The predicted molar refractivity (Wildman–Crippen MR) is 74.3 cm³/mol. The molecule has 2 heterocycles. The molecule has 0 spiro atoms. The number of hydrogen-bond acceptors (Lipinski definition) is 3. The van der Waals surface area contributed by atoms with Crippen molar-refractivity contribution in [2.75, 3.05) is 13.1 Å². The number of hydrogen-bond donors (Lipinski definition) is 1. The Kier molecular flexibility index (Phi) is 4.40. The third-order valence-electron chi connectivity index (χ3n) is 3.93. The van der Waals surface area contributed by atoms with E-state index in [1.807, 2.05) is 4.68 Å². The molecule has 2 rings (SSSR count). The van der Waals surface area contributed by atoms with E-state index in [0.717, 1.165) is 31.2 Å². The second-order valence-electron chi connectivity index (χ2n) is 5.87. The molecule has 0 aromatic carbocycles. The molecule has 2 N–H and O–H groups in total. The molecule has 0 radical (unpaired) electrons. The number of nitrogens with zero attached hydrogens (tertiary/aromatic N) is 3. The lowest BCUT2D eigenvalue weighted by atomic mass is 9.92. The summed E-state index contributed by atoms with van der Waals surface area (Å²) in [6.07, 6.45) is 4.58. The Balaban J connectivity index is 1.98. The molecule has 0 amide bonds. The standard InChI is InChI=1S/C14H26N4/c1-11(2)18-7-5-13(16-18)10-17-6-4-12(3)8-14(17)9-15/h5,7,11-12,14H,4,6,8-10,15H2,1-3H3. The number of piperidine rings is 1. The van der Waals surface area contributed by atoms with Crippen LogP contribution in [0.5, 0.6) is 0 Å². The fourth-order valence-electron chi connectivity index (χ4n) is 2.71. The lowest BCUT2D eigenvalue weighted by molar-refractivity contribution is 0.113. The van der Waals surface area contributed by atoms with Crippen LogP contribution in [0.25, 0.3) is 0 Å². The minimum atomic E-state index is 0.436. The maximum atomic E-state index is 5.90. The van der Waals surface area contributed by atoms with Crippen LogP contribution in [-0.4, -0.2) is 33.8 Å². The van der Waals surface area contributed by atoms with Crippen LogP contribution in [0.2, 0.25) is 0 Å². The average Bonchev–Trinajstić information content (AvgIpc) is 2.80. The molecule has 1 aromatic rings. The number of rotatable bonds is 4. The highest BCUT2D eigenvalue weighted by atomic mass is 15.3. The molecule has 0 aliphatic carbocycles. The molecular formula is C14H26N4. The van der Waals surface area contributed by atoms with Crippen LogP contribution in [0.4, 0.5) is 0 Å². The maximum absolute atomic E-state index is 5.90. The van der Waals surface area contributed by atoms with Gasteiger partial charge in [0, 0.05) is 31.4 Å². The summed E-state index contributed by atoms with van der Waals surface area (Å²) in [5.74, 6) is 0.808. The lowest BCUT2D eigenvalue weighted by Crippen LogP contribution is -2.45. The summed E-state index contributed by atoms with van der Waals surface area (Å²) in [5, 5.41) is 4.63. The first-order valence-electron chi connectivity index (χ1n) is 7.08. The Bertz CT molecular complexity index is 372. The van der Waals surface area contributed by atoms with E-state index in [9.17, 15) is 0 Å². The zero-order valence-electron chi connectivity index (χ0n) is 11.8. The van der Waals surface area contributed by atoms with Crippen LogP contribution < -0.4 is 5.73 Å². The largest absolute Gasteiger partial charge is 0.329 e. The summed E-state index contributed by atoms with van der Waals surface area (Å²) < 4.78 is 2.03. The SMILES string of the molecule is CC1CCN(Cc2ccn(C(C)C)n2)C(CN)C1. The molecule has 1 aromatic heterocycles. The molecule has 2 atom stereocenters. The lowest BCUT2D eigenvalue weighted by Gasteiger charge is -2.37. The van der Waals surface area contributed by atoms with Crippen LogP contribution in [0.15, 0.2) is 12.3 Å². The van der Waals surface area contributed by atoms with Gasteiger partial charge in [0.15, 0.2) is 0 Å². The Morgan fingerprint density at radius 2 is 2.28 bits per heavy atom. The van der Waals surface area contributed by atoms with E-state index in [0.29, 0.717) is 12.1 Å². The minimum absolute atomic E-state index is 0.436. The van der Waals surface area contributed by atoms with Crippen molar-refractivity contribution < 1.29 is 0 Å². The maximum Gasteiger partial charge on any atom is 0.0765 e. The zero-order chi connectivity index (χ0) is 13.1. The molecule has 0 bridgehead atoms. The van der Waals surface area contributed by atoms with Gasteiger partial charge in [0.1, 0.15) is 0 Å². The van der Waals surface area contributed by atoms with Crippen LogP contribution >= 0.6 is 0 Å². The average molecular weight is 250 g/mol. The van der Waals surface area contributed by atoms with Gasteiger partial charge in [-0.05, 0) is 45.2 Å². The molecule has 1 aliphatic heterocycles. The third kappa shape index (κ3) is 3.12. The minimum Gasteiger partial charge on any atom is -0.329 e. The second kappa shape index (κ2) is 5.85. The highest BCUT2D eigenvalue weighted by Crippen LogP contribution is 2.23. The van der Waals surface area contributed by atoms with E-state index < -0.39 is 0 Å². The van der Waals surface area contributed by atoms with Crippen LogP contribution in [0.1, 0.15) is 45.3 Å². The fourth-order valence-corrected chi connectivity index (χ4v) is 2.71. The topological polar surface area (TPSA) is 47.1 Å². The molecule has 102 valence electrons. The molecule has 1 aliphatic rings. The highest BCUT2D eigenvalue weighted by Gasteiger charge is 2.25. The van der Waals surface area contributed by atoms with Crippen molar-refractivity contribution in [3.63, 3.8) is 0 Å². The Hall–Kier alpha value is -0.870. The van der Waals surface area contributed by atoms with Gasteiger partial charge in [-0.15, -0.1) is 0 Å². The van der Waals surface area contributed by atoms with E-state index >= 15 is 0 Å². The van der Waals surface area contributed by atoms with Gasteiger partial charge in [-0.1, -0.05) is 6.92 Å². The van der Waals surface area contributed by atoms with Crippen molar-refractivity contribution in [1.29, 1.82) is 0 Å². The fraction of sp³-hybridized carbons (Fsp3) is 0.786. The van der Waals surface area contributed by atoms with Crippen LogP contribution in [0, 0.1) is 5.92 Å². The first kappa shape index (κ1) is 13.6. The van der Waals surface area contributed by atoms with Crippen molar-refractivity contribution in [1.82, 2.24) is 14.7 Å². The summed E-state index contributed by atoms with van der Waals surface area (Å²) in [6.45, 7) is 9.48. The number of aromatic nitrogens is 2. The molecule has 1 fully saturated rings. The quantitative estimate of drug-likeness (QED) is 0.889. The van der Waals surface area contributed by atoms with E-state index in [4.69, 9.17) is 5.73 Å². The smallest absolute Gasteiger partial charge is 0.0765 e. The highest BCUT2D eigenvalue weighted by molar-refractivity contribution is 5.00. The van der Waals surface area contributed by atoms with Crippen molar-refractivity contribution in [3.05, 3.63) is 18.0 Å². The third-order valence-corrected chi connectivity index (χ3v) is 3.93. The monoisotopic (exact) mass is 250 g/mol. The molecule has 18 heavy (non-hydrogen) atoms. The van der Waals surface area contributed by atoms with Crippen LogP contribution in [-0.2, 0) is 6.54 Å². The van der Waals surface area contributed by atoms with E-state index in [1.54, 1.807) is 0 Å². The summed E-state index contributed by atoms with van der Waals surface area (Å²) in [5.41, 5.74) is 7.06. The molecule has 0 saturated carbocycles. The van der Waals surface area contributed by atoms with Crippen molar-refractivity contribution >= 4 is 0 Å². The van der Waals surface area contributed by atoms with E-state index in [2.05, 4.69) is 43.0 Å². The van der Waals surface area contributed by atoms with Crippen LogP contribution in [0.3, 0.4) is 0 Å². The van der Waals surface area contributed by atoms with Gasteiger partial charge in [0.05, 0.1) is 5.69 Å². The molecule has 2 unspecified atom stereocenters. The first-order valence-corrected chi connectivity index (χ1v) is 7.08.